The summed E-state index contributed by atoms with van der Waals surface area (Å²) in [6.45, 7) is 15.2. The highest BCUT2D eigenvalue weighted by molar-refractivity contribution is 7.15. The number of ether oxygens (including phenoxy) is 5. The molecule has 0 bridgehead atoms. The lowest BCUT2D eigenvalue weighted by Crippen LogP contribution is -2.54. The standard InChI is InChI=1S/C52H61FO6SSi/c1-39-23-26-45(33-44(39)34-47-29-30-49(60-47)43-24-27-46(53)28-25-43)52(54-5,58-31-32-59-61(6,7)51(2,3)4)50(57-37-42-21-15-10-16-22-42)48(56-36-41-19-13-9-14-20-41)38-55-35-40-17-11-8-12-18-40/h8-30,33,48,50H,31-32,34-38H2,1-7H3. The summed E-state index contributed by atoms with van der Waals surface area (Å²) in [5, 5.41) is 0.0311. The molecule has 3 unspecified atom stereocenters. The predicted molar refractivity (Wildman–Crippen MR) is 248 cm³/mol. The van der Waals surface area contributed by atoms with E-state index in [2.05, 4.69) is 108 Å². The number of hydrogen-bond donors (Lipinski definition) is 0. The van der Waals surface area contributed by atoms with Gasteiger partial charge in [-0.2, -0.15) is 0 Å². The van der Waals surface area contributed by atoms with E-state index in [0.29, 0.717) is 26.2 Å². The van der Waals surface area contributed by atoms with Crippen molar-refractivity contribution in [2.45, 2.75) is 90.1 Å². The number of thiophene rings is 1. The van der Waals surface area contributed by atoms with E-state index in [9.17, 15) is 4.39 Å². The Labute approximate surface area is 367 Å². The van der Waals surface area contributed by atoms with Crippen LogP contribution < -0.4 is 0 Å². The van der Waals surface area contributed by atoms with Crippen molar-refractivity contribution in [3.8, 4) is 10.4 Å². The molecule has 6 aromatic rings. The molecule has 0 N–H and O–H groups in total. The topological polar surface area (TPSA) is 55.4 Å². The third-order valence-electron chi connectivity index (χ3n) is 11.6. The van der Waals surface area contributed by atoms with Gasteiger partial charge in [0, 0.05) is 28.8 Å². The summed E-state index contributed by atoms with van der Waals surface area (Å²) in [5.74, 6) is -1.70. The fourth-order valence-corrected chi connectivity index (χ4v) is 8.99. The number of methoxy groups -OCH3 is 1. The van der Waals surface area contributed by atoms with E-state index in [4.69, 9.17) is 28.1 Å². The van der Waals surface area contributed by atoms with E-state index < -0.39 is 26.3 Å². The molecule has 3 atom stereocenters. The SMILES string of the molecule is COC(OCCO[Si](C)(C)C(C)(C)C)(c1ccc(C)c(Cc2ccc(-c3ccc(F)cc3)s2)c1)C(OCc1ccccc1)C(COCc1ccccc1)OCc1ccccc1. The summed E-state index contributed by atoms with van der Waals surface area (Å²) in [6, 6.07) is 47.7. The zero-order valence-electron chi connectivity index (χ0n) is 36.7. The lowest BCUT2D eigenvalue weighted by atomic mass is 9.91. The van der Waals surface area contributed by atoms with Crippen LogP contribution in [0, 0.1) is 12.7 Å². The first-order valence-corrected chi connectivity index (χ1v) is 24.8. The molecule has 0 saturated carbocycles. The lowest BCUT2D eigenvalue weighted by molar-refractivity contribution is -0.318. The van der Waals surface area contributed by atoms with Crippen molar-refractivity contribution in [1.29, 1.82) is 0 Å². The Bertz CT molecular complexity index is 2210. The van der Waals surface area contributed by atoms with Gasteiger partial charge < -0.3 is 28.1 Å². The molecule has 61 heavy (non-hydrogen) atoms. The van der Waals surface area contributed by atoms with Crippen molar-refractivity contribution < 1.29 is 32.5 Å². The maximum Gasteiger partial charge on any atom is 0.224 e. The highest BCUT2D eigenvalue weighted by atomic mass is 32.1. The van der Waals surface area contributed by atoms with Gasteiger partial charge >= 0.3 is 0 Å². The first-order chi connectivity index (χ1) is 29.4. The molecule has 5 aromatic carbocycles. The van der Waals surface area contributed by atoms with Gasteiger partial charge in [0.2, 0.25) is 5.79 Å². The van der Waals surface area contributed by atoms with Crippen LogP contribution in [0.15, 0.2) is 146 Å². The quantitative estimate of drug-likeness (QED) is 0.0385. The fourth-order valence-electron chi connectivity index (χ4n) is 6.93. The molecule has 1 heterocycles. The van der Waals surface area contributed by atoms with Crippen LogP contribution in [0.3, 0.4) is 0 Å². The van der Waals surface area contributed by atoms with E-state index in [1.165, 1.54) is 17.0 Å². The molecule has 9 heteroatoms. The van der Waals surface area contributed by atoms with E-state index in [-0.39, 0.29) is 30.7 Å². The second-order valence-electron chi connectivity index (χ2n) is 17.0. The molecule has 1 aromatic heterocycles. The van der Waals surface area contributed by atoms with Crippen LogP contribution >= 0.6 is 11.3 Å². The summed E-state index contributed by atoms with van der Waals surface area (Å²) < 4.78 is 54.8. The maximum atomic E-state index is 13.7. The molecule has 0 saturated heterocycles. The van der Waals surface area contributed by atoms with Gasteiger partial charge in [0.1, 0.15) is 18.0 Å². The van der Waals surface area contributed by atoms with Crippen LogP contribution in [-0.2, 0) is 60.1 Å². The van der Waals surface area contributed by atoms with E-state index >= 15 is 0 Å². The smallest absolute Gasteiger partial charge is 0.224 e. The lowest BCUT2D eigenvalue weighted by Gasteiger charge is -2.43. The van der Waals surface area contributed by atoms with Crippen LogP contribution in [0.4, 0.5) is 4.39 Å². The minimum atomic E-state index is -2.10. The first-order valence-electron chi connectivity index (χ1n) is 21.1. The highest BCUT2D eigenvalue weighted by Gasteiger charge is 2.49. The Hall–Kier alpha value is -4.29. The van der Waals surface area contributed by atoms with Gasteiger partial charge in [-0.1, -0.05) is 136 Å². The number of aryl methyl sites for hydroxylation is 1. The monoisotopic (exact) mass is 860 g/mol. The highest BCUT2D eigenvalue weighted by Crippen LogP contribution is 2.40. The summed E-state index contributed by atoms with van der Waals surface area (Å²) in [4.78, 5) is 2.27. The van der Waals surface area contributed by atoms with Crippen molar-refractivity contribution in [2.75, 3.05) is 26.9 Å². The molecule has 0 aliphatic heterocycles. The second kappa shape index (κ2) is 21.7. The van der Waals surface area contributed by atoms with Crippen molar-refractivity contribution in [2.24, 2.45) is 0 Å². The largest absolute Gasteiger partial charge is 0.414 e. The van der Waals surface area contributed by atoms with Crippen LogP contribution in [0.25, 0.3) is 10.4 Å². The Morgan fingerprint density at radius 2 is 1.26 bits per heavy atom. The fraction of sp³-hybridized carbons (Fsp3) is 0.346. The van der Waals surface area contributed by atoms with Crippen LogP contribution in [0.2, 0.25) is 18.1 Å². The summed E-state index contributed by atoms with van der Waals surface area (Å²) >= 11 is 1.71. The van der Waals surface area contributed by atoms with Gasteiger partial charge in [0.05, 0.1) is 39.6 Å². The Balaban J connectivity index is 1.41. The Morgan fingerprint density at radius 3 is 1.85 bits per heavy atom. The van der Waals surface area contributed by atoms with E-state index in [1.54, 1.807) is 18.4 Å². The summed E-state index contributed by atoms with van der Waals surface area (Å²) in [7, 11) is -0.417. The predicted octanol–water partition coefficient (Wildman–Crippen LogP) is 12.7. The van der Waals surface area contributed by atoms with Gasteiger partial charge in [-0.3, -0.25) is 0 Å². The zero-order chi connectivity index (χ0) is 43.3. The number of rotatable bonds is 22. The van der Waals surface area contributed by atoms with Gasteiger partial charge in [-0.05, 0) is 88.8 Å². The molecule has 0 fully saturated rings. The molecule has 0 radical (unpaired) electrons. The van der Waals surface area contributed by atoms with Crippen molar-refractivity contribution in [3.05, 3.63) is 190 Å². The average molecular weight is 861 g/mol. The third-order valence-corrected chi connectivity index (χ3v) is 17.2. The van der Waals surface area contributed by atoms with Crippen LogP contribution in [0.5, 0.6) is 0 Å². The summed E-state index contributed by atoms with van der Waals surface area (Å²) in [5.41, 5.74) is 7.13. The average Bonchev–Trinajstić information content (AvgIpc) is 3.73. The Morgan fingerprint density at radius 1 is 0.672 bits per heavy atom. The van der Waals surface area contributed by atoms with Crippen LogP contribution in [0.1, 0.15) is 59.0 Å². The molecule has 6 nitrogen and oxygen atoms in total. The number of halogens is 1. The van der Waals surface area contributed by atoms with Gasteiger partial charge in [-0.25, -0.2) is 4.39 Å². The number of hydrogen-bond acceptors (Lipinski definition) is 7. The molecular formula is C52H61FO6SSi. The van der Waals surface area contributed by atoms with Crippen molar-refractivity contribution in [3.63, 3.8) is 0 Å². The van der Waals surface area contributed by atoms with Gasteiger partial charge in [0.15, 0.2) is 8.32 Å². The van der Waals surface area contributed by atoms with Crippen molar-refractivity contribution >= 4 is 19.7 Å². The van der Waals surface area contributed by atoms with Gasteiger partial charge in [0.25, 0.3) is 0 Å². The van der Waals surface area contributed by atoms with Gasteiger partial charge in [-0.15, -0.1) is 11.3 Å². The maximum absolute atomic E-state index is 13.7. The molecular weight excluding hydrogens is 800 g/mol. The Kier molecular flexibility index (Phi) is 16.4. The van der Waals surface area contributed by atoms with E-state index in [1.807, 2.05) is 66.7 Å². The van der Waals surface area contributed by atoms with Crippen molar-refractivity contribution in [1.82, 2.24) is 0 Å². The molecule has 0 spiro atoms. The van der Waals surface area contributed by atoms with E-state index in [0.717, 1.165) is 43.8 Å². The minimum Gasteiger partial charge on any atom is -0.414 e. The minimum absolute atomic E-state index is 0.0311. The first kappa shape index (κ1) is 46.2. The second-order valence-corrected chi connectivity index (χ2v) is 23.0. The van der Waals surface area contributed by atoms with Crippen LogP contribution in [-0.4, -0.2) is 47.5 Å². The molecule has 6 rings (SSSR count). The number of benzene rings is 5. The zero-order valence-corrected chi connectivity index (χ0v) is 38.5. The third kappa shape index (κ3) is 12.6. The molecule has 322 valence electrons. The molecule has 0 aliphatic rings. The normalized spacial score (nSPS) is 14.1. The summed E-state index contributed by atoms with van der Waals surface area (Å²) in [6.07, 6.45) is -0.773. The molecule has 0 aliphatic carbocycles. The molecule has 0 amide bonds.